The van der Waals surface area contributed by atoms with Crippen molar-refractivity contribution in [2.45, 2.75) is 94.0 Å². The Labute approximate surface area is 867 Å². The maximum Gasteiger partial charge on any atom is 2.00 e. The molecule has 46 heteroatoms. The van der Waals surface area contributed by atoms with Gasteiger partial charge in [0.25, 0.3) is 0 Å². The number of pyridine rings is 6. The molecule has 0 fully saturated rings. The summed E-state index contributed by atoms with van der Waals surface area (Å²) in [6.45, 7) is 3.23. The average molecular weight is 2170 g/mol. The standard InChI is InChI=1S/3C33H36N4O4.4ClHO4.2Fe/c3*38-24-32(26-10-4-1-5-11-26)36-20-28-14-16-30(22-34-28)40-18-8-3-9-19-41-31-17-15-29(35-23-31)21-37-33(25-39)27-12-6-2-7-13-27;4*2-1(3,4)5;;/h3*1-2,4-7,10-17,20-23,32-33,38-39H,3,8-9,18-19,24-25H2;4*(H,2,3,4,5);;/q;;;;;;;2*+2/p-4/t3*32-,33-;;;;;;/m000....../s1. The van der Waals surface area contributed by atoms with Crippen molar-refractivity contribution >= 4 is 37.3 Å². The number of hydrogen-bond donors (Lipinski definition) is 6. The maximum absolute atomic E-state index is 9.64. The van der Waals surface area contributed by atoms with Crippen LogP contribution < -0.4 is 103 Å². The number of hydrogen-bond acceptors (Lipinski definition) is 40. The molecule has 0 saturated heterocycles. The van der Waals surface area contributed by atoms with Crippen LogP contribution in [0.3, 0.4) is 0 Å². The van der Waals surface area contributed by atoms with E-state index < -0.39 is 41.0 Å². The van der Waals surface area contributed by atoms with E-state index in [9.17, 15) is 30.6 Å². The molecule has 6 aromatic carbocycles. The fourth-order valence-electron chi connectivity index (χ4n) is 12.1. The van der Waals surface area contributed by atoms with Crippen molar-refractivity contribution in [3.8, 4) is 34.5 Å². The SMILES string of the molecule is OC[C@H](N=Cc1ccc(OCCCCCOc2ccc(C=N[C@@H](CO)c3ccccc3)nc2)cn1)c1ccccc1.OC[C@H](N=Cc1ccc(OCCCCCOc2ccc(C=N[C@@H](CO)c3ccccc3)nc2)cn1)c1ccccc1.OC[C@H](N=Cc1ccc(OCCCCCOc2ccc(C=N[C@@H](CO)c3ccccc3)nc2)cn1)c1ccccc1.[Fe+2].[Fe+2].[O-][Cl+3]([O-])([O-])[O-].[O-][Cl+3]([O-])([O-])[O-].[O-][Cl+3]([O-])([O-])[O-].[O-][Cl+3]([O-])([O-])[O-]. The van der Waals surface area contributed by atoms with Gasteiger partial charge >= 0.3 is 34.1 Å². The number of halogens is 4. The molecule has 40 nitrogen and oxygen atoms in total. The number of aliphatic imine (C=N–C) groups is 6. The molecule has 6 atom stereocenters. The van der Waals surface area contributed by atoms with Gasteiger partial charge in [-0.05, 0) is 164 Å². The summed E-state index contributed by atoms with van der Waals surface area (Å²) < 4.78 is 171. The fraction of sp³-hybridized carbons (Fsp3) is 0.273. The molecule has 145 heavy (non-hydrogen) atoms. The van der Waals surface area contributed by atoms with Crippen LogP contribution in [-0.4, -0.2) is 177 Å². The van der Waals surface area contributed by atoms with Gasteiger partial charge in [0.05, 0.1) is 187 Å². The molecular weight excluding hydrogens is 2060 g/mol. The third kappa shape index (κ3) is 60.8. The first-order valence-electron chi connectivity index (χ1n) is 43.9. The number of aliphatic hydroxyl groups is 6. The van der Waals surface area contributed by atoms with E-state index in [1.807, 2.05) is 255 Å². The van der Waals surface area contributed by atoms with E-state index >= 15 is 0 Å². The smallest absolute Gasteiger partial charge is 0.492 e. The third-order valence-electron chi connectivity index (χ3n) is 19.0. The summed E-state index contributed by atoms with van der Waals surface area (Å²) in [5.41, 5.74) is 10.0. The van der Waals surface area contributed by atoms with Crippen molar-refractivity contribution in [3.05, 3.63) is 360 Å². The van der Waals surface area contributed by atoms with E-state index in [1.165, 1.54) is 0 Å². The van der Waals surface area contributed by atoms with Gasteiger partial charge in [0.2, 0.25) is 0 Å². The van der Waals surface area contributed by atoms with Gasteiger partial charge in [-0.3, -0.25) is 59.9 Å². The van der Waals surface area contributed by atoms with Gasteiger partial charge in [0.15, 0.2) is 0 Å². The number of aliphatic hydroxyl groups excluding tert-OH is 6. The van der Waals surface area contributed by atoms with Crippen molar-refractivity contribution in [2.75, 3.05) is 79.3 Å². The molecule has 6 aromatic heterocycles. The Morgan fingerprint density at radius 3 is 0.428 bits per heavy atom. The molecule has 0 aliphatic heterocycles. The zero-order valence-corrected chi connectivity index (χ0v) is 83.0. The second-order valence-electron chi connectivity index (χ2n) is 29.6. The second kappa shape index (κ2) is 72.6. The number of ether oxygens (including phenoxy) is 6. The molecule has 0 spiro atoms. The first-order chi connectivity index (χ1) is 68.7. The monoisotopic (exact) mass is 2160 g/mol. The van der Waals surface area contributed by atoms with Crippen LogP contribution in [0, 0.1) is 41.0 Å². The zero-order valence-electron chi connectivity index (χ0n) is 77.7. The summed E-state index contributed by atoms with van der Waals surface area (Å²) in [6.07, 6.45) is 28.5. The van der Waals surface area contributed by atoms with Crippen LogP contribution >= 0.6 is 0 Å². The van der Waals surface area contributed by atoms with Crippen LogP contribution in [-0.2, 0) is 34.1 Å². The minimum absolute atomic E-state index is 0. The first-order valence-corrected chi connectivity index (χ1v) is 48.8. The van der Waals surface area contributed by atoms with Crippen LogP contribution in [0.2, 0.25) is 0 Å². The van der Waals surface area contributed by atoms with E-state index in [-0.39, 0.29) is 110 Å². The van der Waals surface area contributed by atoms with Gasteiger partial charge < -0.3 is 59.1 Å². The zero-order chi connectivity index (χ0) is 104. The number of rotatable bonds is 48. The third-order valence-corrected chi connectivity index (χ3v) is 19.0. The van der Waals surface area contributed by atoms with E-state index in [2.05, 4.69) is 59.9 Å². The van der Waals surface area contributed by atoms with Crippen LogP contribution in [0.25, 0.3) is 0 Å². The van der Waals surface area contributed by atoms with Gasteiger partial charge in [-0.15, -0.1) is 41.0 Å². The van der Waals surface area contributed by atoms with Crippen LogP contribution in [0.4, 0.5) is 0 Å². The first kappa shape index (κ1) is 126. The van der Waals surface area contributed by atoms with Crippen molar-refractivity contribution in [3.63, 3.8) is 0 Å². The molecule has 0 radical (unpaired) electrons. The molecule has 12 rings (SSSR count). The second-order valence-corrected chi connectivity index (χ2v) is 32.6. The predicted octanol–water partition coefficient (Wildman–Crippen LogP) is -2.80. The quantitative estimate of drug-likeness (QED) is 0.0127. The maximum atomic E-state index is 9.64. The summed E-state index contributed by atoms with van der Waals surface area (Å²) >= 11 is 0. The van der Waals surface area contributed by atoms with E-state index in [0.29, 0.717) is 108 Å². The summed E-state index contributed by atoms with van der Waals surface area (Å²) in [6, 6.07) is 78.7. The van der Waals surface area contributed by atoms with E-state index in [1.54, 1.807) is 74.5 Å². The topological polar surface area (TPSA) is 697 Å². The van der Waals surface area contributed by atoms with Crippen molar-refractivity contribution in [1.29, 1.82) is 0 Å². The van der Waals surface area contributed by atoms with Gasteiger partial charge in [0.1, 0.15) is 34.5 Å². The molecule has 0 aliphatic rings. The van der Waals surface area contributed by atoms with Gasteiger partial charge in [0, 0.05) is 37.3 Å². The summed E-state index contributed by atoms with van der Waals surface area (Å²) in [7, 11) is -19.8. The molecular formula is C99H108Cl4Fe2N12O28. The van der Waals surface area contributed by atoms with Crippen LogP contribution in [0.15, 0.2) is 322 Å². The van der Waals surface area contributed by atoms with Crippen molar-refractivity contribution in [1.82, 2.24) is 29.9 Å². The Hall–Kier alpha value is -11.6. The molecule has 0 amide bonds. The predicted molar refractivity (Wildman–Crippen MR) is 483 cm³/mol. The molecule has 776 valence electrons. The van der Waals surface area contributed by atoms with E-state index in [0.717, 1.165) is 91.2 Å². The number of nitrogens with zero attached hydrogens (tertiary/aromatic N) is 12. The van der Waals surface area contributed by atoms with Crippen LogP contribution in [0.1, 0.15) is 162 Å². The summed E-state index contributed by atoms with van der Waals surface area (Å²) in [5.74, 6) is 4.27. The van der Waals surface area contributed by atoms with Crippen molar-refractivity contribution in [2.24, 2.45) is 30.0 Å². The molecule has 0 aliphatic carbocycles. The Morgan fingerprint density at radius 1 is 0.200 bits per heavy atom. The van der Waals surface area contributed by atoms with Crippen molar-refractivity contribution < 1.29 is 209 Å². The summed E-state index contributed by atoms with van der Waals surface area (Å²) in [4.78, 5) is 53.1. The molecule has 0 saturated carbocycles. The number of unbranched alkanes of at least 4 members (excludes halogenated alkanes) is 6. The van der Waals surface area contributed by atoms with Crippen LogP contribution in [0.5, 0.6) is 34.5 Å². The molecule has 12 aromatic rings. The minimum atomic E-state index is -4.94. The molecule has 0 bridgehead atoms. The Balaban J connectivity index is 0.000000410. The number of benzene rings is 6. The largest absolute Gasteiger partial charge is 2.00 e. The van der Waals surface area contributed by atoms with Gasteiger partial charge in [-0.25, -0.2) is 74.5 Å². The van der Waals surface area contributed by atoms with E-state index in [4.69, 9.17) is 103 Å². The normalized spacial score (nSPS) is 12.6. The molecule has 6 heterocycles. The Morgan fingerprint density at radius 2 is 0.324 bits per heavy atom. The minimum Gasteiger partial charge on any atom is -0.492 e. The summed E-state index contributed by atoms with van der Waals surface area (Å²) in [5, 5.41) is 57.8. The molecule has 0 unspecified atom stereocenters. The number of aromatic nitrogens is 6. The average Bonchev–Trinajstić information content (AvgIpc) is 0.894. The fourth-order valence-corrected chi connectivity index (χ4v) is 12.1. The van der Waals surface area contributed by atoms with Gasteiger partial charge in [-0.1, -0.05) is 182 Å². The molecule has 6 N–H and O–H groups in total. The van der Waals surface area contributed by atoms with Gasteiger partial charge in [-0.2, -0.15) is 0 Å². The Bertz CT molecular complexity index is 4630. The Kier molecular flexibility index (Phi) is 62.9.